The second-order valence-electron chi connectivity index (χ2n) is 3.99. The van der Waals surface area contributed by atoms with Crippen LogP contribution in [0.15, 0.2) is 11.1 Å². The van der Waals surface area contributed by atoms with Gasteiger partial charge in [0.1, 0.15) is 0 Å². The van der Waals surface area contributed by atoms with Gasteiger partial charge in [-0.3, -0.25) is 0 Å². The lowest BCUT2D eigenvalue weighted by Gasteiger charge is -2.19. The minimum absolute atomic E-state index is 0.107. The first-order valence-electron chi connectivity index (χ1n) is 4.52. The Bertz CT molecular complexity index is 251. The van der Waals surface area contributed by atoms with E-state index in [4.69, 9.17) is 9.84 Å². The topological polar surface area (TPSA) is 46.5 Å². The van der Waals surface area contributed by atoms with Gasteiger partial charge in [0.15, 0.2) is 0 Å². The second-order valence-corrected chi connectivity index (χ2v) is 3.99. The van der Waals surface area contributed by atoms with Crippen LogP contribution in [0.1, 0.15) is 27.2 Å². The minimum atomic E-state index is -0.809. The molecule has 1 saturated heterocycles. The third kappa shape index (κ3) is 1.91. The van der Waals surface area contributed by atoms with Crippen molar-refractivity contribution < 1.29 is 14.6 Å². The summed E-state index contributed by atoms with van der Waals surface area (Å²) in [4.78, 5) is 10.9. The Labute approximate surface area is 78.4 Å². The molecule has 13 heavy (non-hydrogen) atoms. The predicted octanol–water partition coefficient (Wildman–Crippen LogP) is 1.83. The van der Waals surface area contributed by atoms with Crippen molar-refractivity contribution in [3.05, 3.63) is 11.1 Å². The van der Waals surface area contributed by atoms with Gasteiger partial charge in [0, 0.05) is 11.0 Å². The van der Waals surface area contributed by atoms with Crippen LogP contribution in [0.2, 0.25) is 0 Å². The molecule has 0 radical (unpaired) electrons. The maximum Gasteiger partial charge on any atom is 0.331 e. The first kappa shape index (κ1) is 10.3. The van der Waals surface area contributed by atoms with Crippen LogP contribution in [0.5, 0.6) is 0 Å². The van der Waals surface area contributed by atoms with Gasteiger partial charge in [-0.05, 0) is 12.0 Å². The molecule has 1 fully saturated rings. The van der Waals surface area contributed by atoms with Crippen LogP contribution in [-0.4, -0.2) is 24.3 Å². The molecule has 3 nitrogen and oxygen atoms in total. The Hall–Kier alpha value is -0.830. The van der Waals surface area contributed by atoms with Crippen LogP contribution in [0.25, 0.3) is 0 Å². The molecule has 0 aliphatic carbocycles. The molecule has 1 heterocycles. The average molecular weight is 184 g/mol. The SMILES string of the molecule is CC/C(C(=O)O)=C1\COCC1(C)C. The molecule has 74 valence electrons. The molecule has 1 N–H and O–H groups in total. The summed E-state index contributed by atoms with van der Waals surface area (Å²) in [7, 11) is 0. The van der Waals surface area contributed by atoms with Gasteiger partial charge in [-0.1, -0.05) is 20.8 Å². The fourth-order valence-electron chi connectivity index (χ4n) is 1.68. The number of hydrogen-bond donors (Lipinski definition) is 1. The number of aliphatic carboxylic acids is 1. The Morgan fingerprint density at radius 2 is 2.23 bits per heavy atom. The van der Waals surface area contributed by atoms with Gasteiger partial charge in [-0.15, -0.1) is 0 Å². The van der Waals surface area contributed by atoms with Crippen molar-refractivity contribution >= 4 is 5.97 Å². The van der Waals surface area contributed by atoms with E-state index >= 15 is 0 Å². The molecule has 1 aliphatic heterocycles. The van der Waals surface area contributed by atoms with Crippen LogP contribution >= 0.6 is 0 Å². The van der Waals surface area contributed by atoms with Crippen LogP contribution in [0.3, 0.4) is 0 Å². The molecular weight excluding hydrogens is 168 g/mol. The number of carboxylic acids is 1. The van der Waals surface area contributed by atoms with Crippen molar-refractivity contribution in [3.8, 4) is 0 Å². The van der Waals surface area contributed by atoms with Crippen molar-refractivity contribution in [1.82, 2.24) is 0 Å². The second kappa shape index (κ2) is 3.50. The van der Waals surface area contributed by atoms with Gasteiger partial charge >= 0.3 is 5.97 Å². The lowest BCUT2D eigenvalue weighted by atomic mass is 9.84. The van der Waals surface area contributed by atoms with Crippen molar-refractivity contribution in [2.45, 2.75) is 27.2 Å². The van der Waals surface area contributed by atoms with E-state index in [2.05, 4.69) is 0 Å². The highest BCUT2D eigenvalue weighted by molar-refractivity contribution is 5.87. The molecule has 0 atom stereocenters. The minimum Gasteiger partial charge on any atom is -0.478 e. The number of hydrogen-bond acceptors (Lipinski definition) is 2. The molecule has 0 bridgehead atoms. The molecule has 0 spiro atoms. The average Bonchev–Trinajstić information content (AvgIpc) is 2.32. The summed E-state index contributed by atoms with van der Waals surface area (Å²) in [5.41, 5.74) is 1.36. The molecule has 0 aromatic carbocycles. The summed E-state index contributed by atoms with van der Waals surface area (Å²) in [5.74, 6) is -0.809. The van der Waals surface area contributed by atoms with Gasteiger partial charge < -0.3 is 9.84 Å². The zero-order valence-corrected chi connectivity index (χ0v) is 8.39. The highest BCUT2D eigenvalue weighted by Crippen LogP contribution is 2.35. The van der Waals surface area contributed by atoms with Gasteiger partial charge in [0.25, 0.3) is 0 Å². The molecule has 1 rings (SSSR count). The van der Waals surface area contributed by atoms with Crippen molar-refractivity contribution in [2.75, 3.05) is 13.2 Å². The summed E-state index contributed by atoms with van der Waals surface area (Å²) in [6.07, 6.45) is 0.567. The smallest absolute Gasteiger partial charge is 0.331 e. The molecule has 0 aromatic rings. The molecule has 1 aliphatic rings. The van der Waals surface area contributed by atoms with E-state index in [1.165, 1.54) is 0 Å². The first-order valence-corrected chi connectivity index (χ1v) is 4.52. The standard InChI is InChI=1S/C10H16O3/c1-4-7(9(11)12)8-5-13-6-10(8,2)3/h4-6H2,1-3H3,(H,11,12)/b8-7-. The van der Waals surface area contributed by atoms with Crippen LogP contribution in [-0.2, 0) is 9.53 Å². The largest absolute Gasteiger partial charge is 0.478 e. The lowest BCUT2D eigenvalue weighted by molar-refractivity contribution is -0.132. The van der Waals surface area contributed by atoms with Gasteiger partial charge in [-0.25, -0.2) is 4.79 Å². The Balaban J connectivity index is 3.07. The van der Waals surface area contributed by atoms with Crippen LogP contribution < -0.4 is 0 Å². The van der Waals surface area contributed by atoms with E-state index in [9.17, 15) is 4.79 Å². The predicted molar refractivity (Wildman–Crippen MR) is 49.6 cm³/mol. The van der Waals surface area contributed by atoms with Crippen molar-refractivity contribution in [3.63, 3.8) is 0 Å². The van der Waals surface area contributed by atoms with Crippen molar-refractivity contribution in [1.29, 1.82) is 0 Å². The zero-order valence-electron chi connectivity index (χ0n) is 8.39. The summed E-state index contributed by atoms with van der Waals surface area (Å²) in [6.45, 7) is 7.01. The van der Waals surface area contributed by atoms with E-state index in [0.29, 0.717) is 25.2 Å². The summed E-state index contributed by atoms with van der Waals surface area (Å²) in [6, 6.07) is 0. The highest BCUT2D eigenvalue weighted by Gasteiger charge is 2.33. The fourth-order valence-corrected chi connectivity index (χ4v) is 1.68. The Kier molecular flexibility index (Phi) is 2.76. The monoisotopic (exact) mass is 184 g/mol. The van der Waals surface area contributed by atoms with E-state index in [1.807, 2.05) is 20.8 Å². The van der Waals surface area contributed by atoms with Gasteiger partial charge in [0.05, 0.1) is 13.2 Å². The summed E-state index contributed by atoms with van der Waals surface area (Å²) >= 11 is 0. The third-order valence-corrected chi connectivity index (χ3v) is 2.50. The Morgan fingerprint density at radius 1 is 1.62 bits per heavy atom. The maximum absolute atomic E-state index is 10.9. The summed E-state index contributed by atoms with van der Waals surface area (Å²) < 4.78 is 5.28. The third-order valence-electron chi connectivity index (χ3n) is 2.50. The molecule has 0 unspecified atom stereocenters. The molecular formula is C10H16O3. The van der Waals surface area contributed by atoms with Gasteiger partial charge in [0.2, 0.25) is 0 Å². The highest BCUT2D eigenvalue weighted by atomic mass is 16.5. The zero-order chi connectivity index (χ0) is 10.1. The molecule has 0 aromatic heterocycles. The number of ether oxygens (including phenoxy) is 1. The lowest BCUT2D eigenvalue weighted by Crippen LogP contribution is -2.17. The molecule has 0 saturated carbocycles. The van der Waals surface area contributed by atoms with Gasteiger partial charge in [-0.2, -0.15) is 0 Å². The van der Waals surface area contributed by atoms with Crippen molar-refractivity contribution in [2.24, 2.45) is 5.41 Å². The number of carboxylic acid groups (broad SMARTS) is 1. The van der Waals surface area contributed by atoms with E-state index in [0.717, 1.165) is 5.57 Å². The van der Waals surface area contributed by atoms with Crippen LogP contribution in [0, 0.1) is 5.41 Å². The first-order chi connectivity index (χ1) is 5.99. The van der Waals surface area contributed by atoms with E-state index in [1.54, 1.807) is 0 Å². The van der Waals surface area contributed by atoms with Crippen LogP contribution in [0.4, 0.5) is 0 Å². The molecule has 3 heteroatoms. The fraction of sp³-hybridized carbons (Fsp3) is 0.700. The normalized spacial score (nSPS) is 24.5. The molecule has 0 amide bonds. The number of rotatable bonds is 2. The quantitative estimate of drug-likeness (QED) is 0.666. The van der Waals surface area contributed by atoms with E-state index in [-0.39, 0.29) is 5.41 Å². The van der Waals surface area contributed by atoms with E-state index < -0.39 is 5.97 Å². The summed E-state index contributed by atoms with van der Waals surface area (Å²) in [5, 5.41) is 8.95. The maximum atomic E-state index is 10.9. The number of carbonyl (C=O) groups is 1. The Morgan fingerprint density at radius 3 is 2.54 bits per heavy atom.